The molecule has 2 aromatic rings. The van der Waals surface area contributed by atoms with E-state index in [1.165, 1.54) is 12.3 Å². The number of carboxylic acid groups (broad SMARTS) is 1. The van der Waals surface area contributed by atoms with Crippen LogP contribution in [0.1, 0.15) is 74.7 Å². The highest BCUT2D eigenvalue weighted by molar-refractivity contribution is 5.93. The Morgan fingerprint density at radius 1 is 1.14 bits per heavy atom. The van der Waals surface area contributed by atoms with Crippen LogP contribution in [-0.4, -0.2) is 58.3 Å². The van der Waals surface area contributed by atoms with Crippen molar-refractivity contribution in [3.63, 3.8) is 0 Å². The number of carbonyl (C=O) groups excluding carboxylic acids is 1. The largest absolute Gasteiger partial charge is 0.477 e. The van der Waals surface area contributed by atoms with Gasteiger partial charge in [0.05, 0.1) is 11.2 Å². The van der Waals surface area contributed by atoms with Crippen LogP contribution < -0.4 is 15.6 Å². The number of hydrogen-bond donors (Lipinski definition) is 2. The molecule has 2 heterocycles. The van der Waals surface area contributed by atoms with E-state index in [-0.39, 0.29) is 28.6 Å². The number of hydrogen-bond acceptors (Lipinski definition) is 4. The average Bonchev–Trinajstić information content (AvgIpc) is 3.58. The second kappa shape index (κ2) is 9.17. The topological polar surface area (TPSA) is 94.9 Å². The number of carboxylic acids is 1. The molecule has 1 aliphatic heterocycles. The van der Waals surface area contributed by atoms with Gasteiger partial charge in [-0.2, -0.15) is 0 Å². The molecule has 0 bridgehead atoms. The van der Waals surface area contributed by atoms with E-state index in [1.54, 1.807) is 6.07 Å². The third kappa shape index (κ3) is 4.48. The van der Waals surface area contributed by atoms with E-state index < -0.39 is 17.2 Å². The standard InChI is InChI=1S/C26H33FN4O4/c1-2-7-26(8-3-4-9-26)28-25(35)30-12-10-29(11-13-30)22-15-21-18(14-20(22)27)23(32)19(24(33)34)16-31(21)17-5-6-17/h14-17H,2-13H2,1H3,(H,28,35)(H,33,34). The maximum Gasteiger partial charge on any atom is 0.341 e. The van der Waals surface area contributed by atoms with Gasteiger partial charge in [0, 0.05) is 49.3 Å². The minimum Gasteiger partial charge on any atom is -0.477 e. The summed E-state index contributed by atoms with van der Waals surface area (Å²) in [5.74, 6) is -1.85. The lowest BCUT2D eigenvalue weighted by molar-refractivity contribution is 0.0694. The highest BCUT2D eigenvalue weighted by Gasteiger charge is 2.36. The van der Waals surface area contributed by atoms with Gasteiger partial charge in [-0.15, -0.1) is 0 Å². The van der Waals surface area contributed by atoms with Crippen LogP contribution in [0, 0.1) is 5.82 Å². The van der Waals surface area contributed by atoms with E-state index in [0.717, 1.165) is 51.4 Å². The maximum atomic E-state index is 15.2. The summed E-state index contributed by atoms with van der Waals surface area (Å²) >= 11 is 0. The normalized spacial score (nSPS) is 19.8. The van der Waals surface area contributed by atoms with Gasteiger partial charge in [0.2, 0.25) is 5.43 Å². The fraction of sp³-hybridized carbons (Fsp3) is 0.577. The lowest BCUT2D eigenvalue weighted by Gasteiger charge is -2.39. The minimum atomic E-state index is -1.30. The van der Waals surface area contributed by atoms with E-state index in [2.05, 4.69) is 12.2 Å². The molecule has 3 aliphatic rings. The minimum absolute atomic E-state index is 0.0391. The molecule has 188 valence electrons. The number of carbonyl (C=O) groups is 2. The quantitative estimate of drug-likeness (QED) is 0.643. The Morgan fingerprint density at radius 2 is 1.83 bits per heavy atom. The first-order valence-electron chi connectivity index (χ1n) is 12.8. The van der Waals surface area contributed by atoms with E-state index >= 15 is 4.39 Å². The van der Waals surface area contributed by atoms with E-state index in [9.17, 15) is 19.5 Å². The smallest absolute Gasteiger partial charge is 0.341 e. The number of rotatable bonds is 6. The Hall–Kier alpha value is -3.10. The van der Waals surface area contributed by atoms with Gasteiger partial charge in [-0.1, -0.05) is 26.2 Å². The van der Waals surface area contributed by atoms with Gasteiger partial charge in [-0.25, -0.2) is 14.0 Å². The molecule has 0 atom stereocenters. The molecular formula is C26H33FN4O4. The Morgan fingerprint density at radius 3 is 2.43 bits per heavy atom. The fourth-order valence-corrected chi connectivity index (χ4v) is 5.83. The number of halogens is 1. The third-order valence-electron chi connectivity index (χ3n) is 7.84. The van der Waals surface area contributed by atoms with Gasteiger partial charge in [0.15, 0.2) is 0 Å². The number of nitrogens with zero attached hydrogens (tertiary/aromatic N) is 3. The Kier molecular flexibility index (Phi) is 6.19. The number of aromatic nitrogens is 1. The first kappa shape index (κ1) is 23.6. The fourth-order valence-electron chi connectivity index (χ4n) is 5.83. The summed E-state index contributed by atoms with van der Waals surface area (Å²) in [6.07, 6.45) is 9.58. The van der Waals surface area contributed by atoms with Crippen molar-refractivity contribution < 1.29 is 19.1 Å². The van der Waals surface area contributed by atoms with Crippen LogP contribution in [0.4, 0.5) is 14.9 Å². The van der Waals surface area contributed by atoms with Gasteiger partial charge in [0.1, 0.15) is 11.4 Å². The molecule has 2 amide bonds. The first-order valence-corrected chi connectivity index (χ1v) is 12.8. The zero-order chi connectivity index (χ0) is 24.7. The van der Waals surface area contributed by atoms with Crippen LogP contribution in [0.2, 0.25) is 0 Å². The maximum absolute atomic E-state index is 15.2. The molecule has 5 rings (SSSR count). The first-order chi connectivity index (χ1) is 16.8. The number of benzene rings is 1. The SMILES string of the molecule is CCCC1(NC(=O)N2CCN(c3cc4c(cc3F)c(=O)c(C(=O)O)cn4C3CC3)CC2)CCCC1. The number of urea groups is 1. The lowest BCUT2D eigenvalue weighted by Crippen LogP contribution is -2.56. The molecule has 1 aromatic heterocycles. The van der Waals surface area contributed by atoms with Crippen molar-refractivity contribution in [2.75, 3.05) is 31.1 Å². The highest BCUT2D eigenvalue weighted by Crippen LogP contribution is 2.38. The Bertz CT molecular complexity index is 1210. The van der Waals surface area contributed by atoms with Crippen LogP contribution in [0.15, 0.2) is 23.1 Å². The molecule has 2 N–H and O–H groups in total. The van der Waals surface area contributed by atoms with Gasteiger partial charge in [-0.05, 0) is 44.2 Å². The lowest BCUT2D eigenvalue weighted by atomic mass is 9.92. The molecule has 0 unspecified atom stereocenters. The van der Waals surface area contributed by atoms with Crippen molar-refractivity contribution in [2.24, 2.45) is 0 Å². The molecule has 1 saturated heterocycles. The van der Waals surface area contributed by atoms with Crippen molar-refractivity contribution in [3.8, 4) is 0 Å². The van der Waals surface area contributed by atoms with Gasteiger partial charge in [0.25, 0.3) is 0 Å². The molecule has 0 spiro atoms. The van der Waals surface area contributed by atoms with E-state index in [4.69, 9.17) is 0 Å². The van der Waals surface area contributed by atoms with Crippen molar-refractivity contribution >= 4 is 28.6 Å². The second-order valence-corrected chi connectivity index (χ2v) is 10.3. The number of aromatic carboxylic acids is 1. The predicted molar refractivity (Wildman–Crippen MR) is 132 cm³/mol. The zero-order valence-electron chi connectivity index (χ0n) is 20.2. The molecule has 1 aromatic carbocycles. The average molecular weight is 485 g/mol. The Balaban J connectivity index is 1.35. The summed E-state index contributed by atoms with van der Waals surface area (Å²) in [6, 6.07) is 2.93. The molecule has 2 saturated carbocycles. The molecule has 9 heteroatoms. The zero-order valence-corrected chi connectivity index (χ0v) is 20.2. The summed E-state index contributed by atoms with van der Waals surface area (Å²) in [6.45, 7) is 4.08. The van der Waals surface area contributed by atoms with E-state index in [0.29, 0.717) is 37.4 Å². The van der Waals surface area contributed by atoms with Gasteiger partial charge >= 0.3 is 12.0 Å². The van der Waals surface area contributed by atoms with Crippen LogP contribution in [0.25, 0.3) is 10.9 Å². The summed E-state index contributed by atoms with van der Waals surface area (Å²) in [7, 11) is 0. The van der Waals surface area contributed by atoms with Crippen molar-refractivity contribution in [1.82, 2.24) is 14.8 Å². The van der Waals surface area contributed by atoms with Crippen LogP contribution in [0.5, 0.6) is 0 Å². The molecular weight excluding hydrogens is 451 g/mol. The summed E-state index contributed by atoms with van der Waals surface area (Å²) in [4.78, 5) is 41.0. The third-order valence-corrected chi connectivity index (χ3v) is 7.84. The molecule has 3 fully saturated rings. The summed E-state index contributed by atoms with van der Waals surface area (Å²) in [5, 5.41) is 12.8. The highest BCUT2D eigenvalue weighted by atomic mass is 19.1. The van der Waals surface area contributed by atoms with Crippen LogP contribution >= 0.6 is 0 Å². The summed E-state index contributed by atoms with van der Waals surface area (Å²) < 4.78 is 17.0. The van der Waals surface area contributed by atoms with Crippen molar-refractivity contribution in [1.29, 1.82) is 0 Å². The second-order valence-electron chi connectivity index (χ2n) is 10.3. The number of pyridine rings is 1. The van der Waals surface area contributed by atoms with Crippen molar-refractivity contribution in [3.05, 3.63) is 39.9 Å². The molecule has 35 heavy (non-hydrogen) atoms. The van der Waals surface area contributed by atoms with Crippen LogP contribution in [0.3, 0.4) is 0 Å². The molecule has 2 aliphatic carbocycles. The summed E-state index contributed by atoms with van der Waals surface area (Å²) in [5.41, 5.74) is -0.146. The number of amides is 2. The number of anilines is 1. The molecule has 8 nitrogen and oxygen atoms in total. The van der Waals surface area contributed by atoms with Gasteiger partial charge in [-0.3, -0.25) is 4.79 Å². The monoisotopic (exact) mass is 484 g/mol. The van der Waals surface area contributed by atoms with Gasteiger partial charge < -0.3 is 24.8 Å². The number of nitrogens with one attached hydrogen (secondary N) is 1. The molecule has 0 radical (unpaired) electrons. The number of fused-ring (bicyclic) bond motifs is 1. The van der Waals surface area contributed by atoms with E-state index in [1.807, 2.05) is 14.4 Å². The van der Waals surface area contributed by atoms with Crippen molar-refractivity contribution in [2.45, 2.75) is 69.9 Å². The Labute approximate surface area is 203 Å². The van der Waals surface area contributed by atoms with Crippen LogP contribution in [-0.2, 0) is 0 Å². The number of piperazine rings is 1. The predicted octanol–water partition coefficient (Wildman–Crippen LogP) is 4.12.